The minimum absolute atomic E-state index is 0.140. The molecule has 1 N–H and O–H groups in total. The van der Waals surface area contributed by atoms with Crippen LogP contribution in [0.15, 0.2) is 78.0 Å². The van der Waals surface area contributed by atoms with Crippen molar-refractivity contribution in [1.82, 2.24) is 14.8 Å². The summed E-state index contributed by atoms with van der Waals surface area (Å²) in [6.07, 6.45) is 0. The summed E-state index contributed by atoms with van der Waals surface area (Å²) >= 11 is 7.41. The van der Waals surface area contributed by atoms with Crippen LogP contribution in [-0.4, -0.2) is 26.4 Å². The Morgan fingerprint density at radius 1 is 1.06 bits per heavy atom. The number of rotatable bonds is 7. The summed E-state index contributed by atoms with van der Waals surface area (Å²) < 4.78 is 15.3. The number of nitrogens with zero attached hydrogens (tertiary/aromatic N) is 3. The van der Waals surface area contributed by atoms with Crippen molar-refractivity contribution < 1.29 is 9.18 Å². The predicted molar refractivity (Wildman–Crippen MR) is 132 cm³/mol. The van der Waals surface area contributed by atoms with Gasteiger partial charge in [0, 0.05) is 22.0 Å². The molecule has 3 aromatic carbocycles. The summed E-state index contributed by atoms with van der Waals surface area (Å²) in [4.78, 5) is 12.6. The summed E-state index contributed by atoms with van der Waals surface area (Å²) in [7, 11) is 0. The first-order valence-corrected chi connectivity index (χ1v) is 11.8. The molecule has 0 saturated heterocycles. The van der Waals surface area contributed by atoms with Gasteiger partial charge in [0.05, 0.1) is 5.75 Å². The van der Waals surface area contributed by atoms with Gasteiger partial charge in [-0.25, -0.2) is 4.39 Å². The molecular weight excluding hydrogens is 459 g/mol. The quantitative estimate of drug-likeness (QED) is 0.303. The van der Waals surface area contributed by atoms with E-state index in [-0.39, 0.29) is 17.5 Å². The number of hydrogen-bond acceptors (Lipinski definition) is 4. The predicted octanol–water partition coefficient (Wildman–Crippen LogP) is 6.58. The van der Waals surface area contributed by atoms with Crippen LogP contribution in [0, 0.1) is 5.82 Å². The van der Waals surface area contributed by atoms with Crippen molar-refractivity contribution in [2.24, 2.45) is 0 Å². The molecule has 0 spiro atoms. The lowest BCUT2D eigenvalue weighted by Gasteiger charge is -2.11. The van der Waals surface area contributed by atoms with Gasteiger partial charge in [0.15, 0.2) is 11.0 Å². The molecule has 8 heteroatoms. The maximum Gasteiger partial charge on any atom is 0.234 e. The van der Waals surface area contributed by atoms with E-state index in [4.69, 9.17) is 11.6 Å². The number of thioether (sulfide) groups is 1. The fourth-order valence-electron chi connectivity index (χ4n) is 3.28. The lowest BCUT2D eigenvalue weighted by molar-refractivity contribution is -0.113. The topological polar surface area (TPSA) is 59.8 Å². The smallest absolute Gasteiger partial charge is 0.234 e. The molecule has 0 atom stereocenters. The number of amides is 1. The molecule has 0 aliphatic rings. The van der Waals surface area contributed by atoms with Gasteiger partial charge < -0.3 is 5.32 Å². The third-order valence-corrected chi connectivity index (χ3v) is 6.16. The van der Waals surface area contributed by atoms with Crippen molar-refractivity contribution in [3.05, 3.63) is 89.2 Å². The molecule has 0 fully saturated rings. The first kappa shape index (κ1) is 23.0. The zero-order chi connectivity index (χ0) is 23.4. The van der Waals surface area contributed by atoms with Crippen molar-refractivity contribution in [2.45, 2.75) is 24.9 Å². The Morgan fingerprint density at radius 2 is 1.79 bits per heavy atom. The molecule has 4 aromatic rings. The third kappa shape index (κ3) is 5.61. The van der Waals surface area contributed by atoms with Gasteiger partial charge in [-0.15, -0.1) is 10.2 Å². The number of hydrogen-bond donors (Lipinski definition) is 1. The van der Waals surface area contributed by atoms with E-state index in [1.165, 1.54) is 29.5 Å². The maximum absolute atomic E-state index is 13.5. The summed E-state index contributed by atoms with van der Waals surface area (Å²) in [5.74, 6) is 0.623. The molecule has 0 radical (unpaired) electrons. The molecule has 4 rings (SSSR count). The van der Waals surface area contributed by atoms with Gasteiger partial charge in [-0.2, -0.15) is 0 Å². The van der Waals surface area contributed by atoms with E-state index in [1.807, 2.05) is 36.4 Å². The van der Waals surface area contributed by atoms with Crippen LogP contribution in [0.3, 0.4) is 0 Å². The number of nitrogens with one attached hydrogen (secondary N) is 1. The van der Waals surface area contributed by atoms with Crippen molar-refractivity contribution in [2.75, 3.05) is 11.1 Å². The Kier molecular flexibility index (Phi) is 7.11. The number of carbonyl (C=O) groups is 1. The van der Waals surface area contributed by atoms with E-state index in [0.717, 1.165) is 11.3 Å². The van der Waals surface area contributed by atoms with Crippen molar-refractivity contribution in [3.8, 4) is 17.1 Å². The van der Waals surface area contributed by atoms with Crippen LogP contribution >= 0.6 is 23.4 Å². The van der Waals surface area contributed by atoms with Gasteiger partial charge in [-0.1, -0.05) is 61.5 Å². The average Bonchev–Trinajstić information content (AvgIpc) is 3.22. The van der Waals surface area contributed by atoms with Gasteiger partial charge in [0.2, 0.25) is 5.91 Å². The van der Waals surface area contributed by atoms with Gasteiger partial charge >= 0.3 is 0 Å². The molecule has 0 bridgehead atoms. The number of benzene rings is 3. The maximum atomic E-state index is 13.5. The fourth-order valence-corrected chi connectivity index (χ4v) is 4.22. The molecule has 0 aliphatic carbocycles. The lowest BCUT2D eigenvalue weighted by atomic mass is 10.0. The van der Waals surface area contributed by atoms with E-state index in [2.05, 4.69) is 29.4 Å². The number of carbonyl (C=O) groups excluding carboxylic acids is 1. The van der Waals surface area contributed by atoms with E-state index < -0.39 is 0 Å². The Hall–Kier alpha value is -3.16. The highest BCUT2D eigenvalue weighted by molar-refractivity contribution is 7.99. The number of anilines is 1. The van der Waals surface area contributed by atoms with Crippen LogP contribution in [0.1, 0.15) is 25.3 Å². The summed E-state index contributed by atoms with van der Waals surface area (Å²) in [6, 6.07) is 21.1. The summed E-state index contributed by atoms with van der Waals surface area (Å²) in [6.45, 7) is 4.25. The second-order valence-electron chi connectivity index (χ2n) is 7.74. The third-order valence-electron chi connectivity index (χ3n) is 4.99. The van der Waals surface area contributed by atoms with Crippen LogP contribution in [0.25, 0.3) is 17.1 Å². The SMILES string of the molecule is CC(C)c1ccc(NC(=O)CSc2nnc(-c3cccc(Cl)c3)n2-c2ccc(F)cc2)cc1. The van der Waals surface area contributed by atoms with Crippen molar-refractivity contribution in [3.63, 3.8) is 0 Å². The zero-order valence-corrected chi connectivity index (χ0v) is 19.7. The van der Waals surface area contributed by atoms with Crippen LogP contribution in [0.4, 0.5) is 10.1 Å². The van der Waals surface area contributed by atoms with Gasteiger partial charge in [-0.05, 0) is 60.0 Å². The van der Waals surface area contributed by atoms with Crippen molar-refractivity contribution >= 4 is 35.0 Å². The second kappa shape index (κ2) is 10.2. The zero-order valence-electron chi connectivity index (χ0n) is 18.1. The number of aromatic nitrogens is 3. The first-order valence-electron chi connectivity index (χ1n) is 10.4. The minimum Gasteiger partial charge on any atom is -0.325 e. The van der Waals surface area contributed by atoms with Crippen LogP contribution < -0.4 is 5.32 Å². The highest BCUT2D eigenvalue weighted by atomic mass is 35.5. The second-order valence-corrected chi connectivity index (χ2v) is 9.12. The molecule has 0 saturated carbocycles. The van der Waals surface area contributed by atoms with Crippen molar-refractivity contribution in [1.29, 1.82) is 0 Å². The highest BCUT2D eigenvalue weighted by Gasteiger charge is 2.18. The molecule has 33 heavy (non-hydrogen) atoms. The standard InChI is InChI=1S/C25H22ClFN4OS/c1-16(2)17-6-10-21(11-7-17)28-23(32)15-33-25-30-29-24(18-4-3-5-19(26)14-18)31(25)22-12-8-20(27)9-13-22/h3-14,16H,15H2,1-2H3,(H,28,32). The van der Waals surface area contributed by atoms with Gasteiger partial charge in [0.1, 0.15) is 5.82 Å². The largest absolute Gasteiger partial charge is 0.325 e. The fraction of sp³-hybridized carbons (Fsp3) is 0.160. The Balaban J connectivity index is 1.56. The van der Waals surface area contributed by atoms with E-state index in [9.17, 15) is 9.18 Å². The molecule has 1 heterocycles. The lowest BCUT2D eigenvalue weighted by Crippen LogP contribution is -2.14. The molecule has 1 amide bonds. The molecule has 5 nitrogen and oxygen atoms in total. The summed E-state index contributed by atoms with van der Waals surface area (Å²) in [5, 5.41) is 12.6. The van der Waals surface area contributed by atoms with E-state index in [1.54, 1.807) is 28.8 Å². The Bertz CT molecular complexity index is 1260. The minimum atomic E-state index is -0.340. The van der Waals surface area contributed by atoms with Crippen LogP contribution in [-0.2, 0) is 4.79 Å². The Morgan fingerprint density at radius 3 is 2.45 bits per heavy atom. The first-order chi connectivity index (χ1) is 15.9. The molecule has 0 unspecified atom stereocenters. The Labute approximate surface area is 201 Å². The highest BCUT2D eigenvalue weighted by Crippen LogP contribution is 2.29. The average molecular weight is 481 g/mol. The van der Waals surface area contributed by atoms with Gasteiger partial charge in [-0.3, -0.25) is 9.36 Å². The molecule has 168 valence electrons. The van der Waals surface area contributed by atoms with Crippen LogP contribution in [0.5, 0.6) is 0 Å². The summed E-state index contributed by atoms with van der Waals surface area (Å²) in [5.41, 5.74) is 3.40. The molecule has 1 aromatic heterocycles. The van der Waals surface area contributed by atoms with Crippen LogP contribution in [0.2, 0.25) is 5.02 Å². The number of halogens is 2. The van der Waals surface area contributed by atoms with E-state index in [0.29, 0.717) is 27.6 Å². The molecule has 0 aliphatic heterocycles. The van der Waals surface area contributed by atoms with Gasteiger partial charge in [0.25, 0.3) is 0 Å². The normalized spacial score (nSPS) is 11.1. The van der Waals surface area contributed by atoms with E-state index >= 15 is 0 Å². The molecular formula is C25H22ClFN4OS. The monoisotopic (exact) mass is 480 g/mol.